The third kappa shape index (κ3) is 4.02. The molecule has 0 fully saturated rings. The average Bonchev–Trinajstić information content (AvgIpc) is 2.65. The van der Waals surface area contributed by atoms with E-state index in [-0.39, 0.29) is 30.3 Å². The van der Waals surface area contributed by atoms with Crippen molar-refractivity contribution >= 4 is 17.5 Å². The van der Waals surface area contributed by atoms with Gasteiger partial charge in [-0.15, -0.1) is 0 Å². The van der Waals surface area contributed by atoms with Gasteiger partial charge in [0.15, 0.2) is 6.61 Å². The number of nitrogens with zero attached hydrogens (tertiary/aromatic N) is 1. The number of hydrogen-bond acceptors (Lipinski definition) is 3. The summed E-state index contributed by atoms with van der Waals surface area (Å²) in [6, 6.07) is 11.3. The second-order valence-electron chi connectivity index (χ2n) is 6.39. The number of ether oxygens (including phenoxy) is 1. The summed E-state index contributed by atoms with van der Waals surface area (Å²) in [7, 11) is 1.70. The van der Waals surface area contributed by atoms with Crippen molar-refractivity contribution in [2.45, 2.75) is 25.8 Å². The van der Waals surface area contributed by atoms with Crippen LogP contribution in [-0.4, -0.2) is 30.4 Å². The van der Waals surface area contributed by atoms with E-state index in [1.165, 1.54) is 12.1 Å². The zero-order chi connectivity index (χ0) is 18.7. The van der Waals surface area contributed by atoms with Crippen LogP contribution in [0.1, 0.15) is 30.5 Å². The van der Waals surface area contributed by atoms with Gasteiger partial charge in [-0.2, -0.15) is 0 Å². The van der Waals surface area contributed by atoms with E-state index in [9.17, 15) is 14.0 Å². The molecule has 0 unspecified atom stereocenters. The van der Waals surface area contributed by atoms with Crippen LogP contribution in [0.4, 0.5) is 10.1 Å². The Morgan fingerprint density at radius 1 is 1.23 bits per heavy atom. The Kier molecular flexibility index (Phi) is 5.21. The van der Waals surface area contributed by atoms with Crippen molar-refractivity contribution in [3.05, 3.63) is 59.4 Å². The van der Waals surface area contributed by atoms with E-state index < -0.39 is 0 Å². The van der Waals surface area contributed by atoms with Crippen LogP contribution in [0.25, 0.3) is 0 Å². The van der Waals surface area contributed by atoms with Gasteiger partial charge in [0, 0.05) is 19.2 Å². The minimum atomic E-state index is -0.304. The van der Waals surface area contributed by atoms with Gasteiger partial charge in [0.05, 0.1) is 6.04 Å². The van der Waals surface area contributed by atoms with Crippen molar-refractivity contribution in [2.75, 3.05) is 19.0 Å². The van der Waals surface area contributed by atoms with Crippen molar-refractivity contribution in [2.24, 2.45) is 0 Å². The quantitative estimate of drug-likeness (QED) is 0.894. The number of carbonyl (C=O) groups is 2. The summed E-state index contributed by atoms with van der Waals surface area (Å²) >= 11 is 0. The molecule has 2 aromatic rings. The summed E-state index contributed by atoms with van der Waals surface area (Å²) in [6.45, 7) is 1.79. The van der Waals surface area contributed by atoms with Crippen LogP contribution in [0.5, 0.6) is 5.75 Å². The lowest BCUT2D eigenvalue weighted by Gasteiger charge is -2.25. The number of likely N-dealkylation sites (N-methyl/N-ethyl adjacent to an activating group) is 1. The molecule has 136 valence electrons. The maximum Gasteiger partial charge on any atom is 0.260 e. The fourth-order valence-corrected chi connectivity index (χ4v) is 2.88. The molecule has 6 heteroatoms. The third-order valence-corrected chi connectivity index (χ3v) is 4.66. The second kappa shape index (κ2) is 7.56. The molecule has 1 aliphatic rings. The molecule has 3 rings (SSSR count). The summed E-state index contributed by atoms with van der Waals surface area (Å²) < 4.78 is 18.7. The van der Waals surface area contributed by atoms with E-state index in [1.54, 1.807) is 36.2 Å². The van der Waals surface area contributed by atoms with Crippen LogP contribution in [0.2, 0.25) is 0 Å². The molecule has 0 aromatic heterocycles. The summed E-state index contributed by atoms with van der Waals surface area (Å²) in [5, 5.41) is 2.81. The van der Waals surface area contributed by atoms with Crippen LogP contribution < -0.4 is 10.1 Å². The molecule has 1 N–H and O–H groups in total. The smallest absolute Gasteiger partial charge is 0.260 e. The first-order valence-corrected chi connectivity index (χ1v) is 8.51. The third-order valence-electron chi connectivity index (χ3n) is 4.66. The maximum absolute atomic E-state index is 13.0. The number of nitrogens with one attached hydrogen (secondary N) is 1. The fraction of sp³-hybridized carbons (Fsp3) is 0.300. The summed E-state index contributed by atoms with van der Waals surface area (Å²) in [5.41, 5.74) is 2.65. The van der Waals surface area contributed by atoms with E-state index in [4.69, 9.17) is 4.74 Å². The first kappa shape index (κ1) is 17.9. The van der Waals surface area contributed by atoms with E-state index in [0.717, 1.165) is 16.8 Å². The van der Waals surface area contributed by atoms with Gasteiger partial charge in [-0.1, -0.05) is 12.1 Å². The summed E-state index contributed by atoms with van der Waals surface area (Å²) in [4.78, 5) is 25.4. The summed E-state index contributed by atoms with van der Waals surface area (Å²) in [6.07, 6.45) is 1.11. The number of fused-ring (bicyclic) bond motifs is 1. The molecule has 0 spiro atoms. The van der Waals surface area contributed by atoms with E-state index in [0.29, 0.717) is 18.6 Å². The average molecular weight is 356 g/mol. The zero-order valence-corrected chi connectivity index (χ0v) is 14.8. The topological polar surface area (TPSA) is 58.6 Å². The predicted octanol–water partition coefficient (Wildman–Crippen LogP) is 3.31. The Bertz CT molecular complexity index is 820. The van der Waals surface area contributed by atoms with Crippen molar-refractivity contribution < 1.29 is 18.7 Å². The molecule has 0 radical (unpaired) electrons. The monoisotopic (exact) mass is 356 g/mol. The van der Waals surface area contributed by atoms with Gasteiger partial charge in [-0.05, 0) is 54.8 Å². The highest BCUT2D eigenvalue weighted by Gasteiger charge is 2.19. The minimum absolute atomic E-state index is 0.0118. The first-order chi connectivity index (χ1) is 12.4. The Morgan fingerprint density at radius 2 is 1.96 bits per heavy atom. The zero-order valence-electron chi connectivity index (χ0n) is 14.8. The van der Waals surface area contributed by atoms with Crippen LogP contribution in [0.3, 0.4) is 0 Å². The number of hydrogen-bond donors (Lipinski definition) is 1. The van der Waals surface area contributed by atoms with Crippen LogP contribution in [0, 0.1) is 5.82 Å². The van der Waals surface area contributed by atoms with Gasteiger partial charge in [0.25, 0.3) is 5.91 Å². The van der Waals surface area contributed by atoms with Gasteiger partial charge < -0.3 is 15.0 Å². The van der Waals surface area contributed by atoms with Crippen LogP contribution >= 0.6 is 0 Å². The van der Waals surface area contributed by atoms with Gasteiger partial charge in [0.1, 0.15) is 11.6 Å². The number of halogens is 1. The van der Waals surface area contributed by atoms with Crippen LogP contribution in [0.15, 0.2) is 42.5 Å². The number of carbonyl (C=O) groups excluding carboxylic acids is 2. The first-order valence-electron chi connectivity index (χ1n) is 8.51. The number of anilines is 1. The standard InChI is InChI=1S/C20H21FN2O3/c1-13(14-3-6-16(21)7-4-14)23(2)20(25)12-26-17-8-9-18-15(11-17)5-10-19(24)22-18/h3-4,6-9,11,13H,5,10,12H2,1-2H3,(H,22,24)/t13-/m0/s1. The number of rotatable bonds is 5. The SMILES string of the molecule is C[C@@H](c1ccc(F)cc1)N(C)C(=O)COc1ccc2c(c1)CCC(=O)N2. The molecular weight excluding hydrogens is 335 g/mol. The molecule has 2 amide bonds. The molecule has 1 aliphatic heterocycles. The molecule has 0 saturated carbocycles. The highest BCUT2D eigenvalue weighted by Crippen LogP contribution is 2.27. The molecule has 1 heterocycles. The van der Waals surface area contributed by atoms with Gasteiger partial charge in [-0.3, -0.25) is 9.59 Å². The Morgan fingerprint density at radius 3 is 2.69 bits per heavy atom. The van der Waals surface area contributed by atoms with Gasteiger partial charge >= 0.3 is 0 Å². The lowest BCUT2D eigenvalue weighted by atomic mass is 10.0. The van der Waals surface area contributed by atoms with Crippen molar-refractivity contribution in [3.8, 4) is 5.75 Å². The minimum Gasteiger partial charge on any atom is -0.484 e. The van der Waals surface area contributed by atoms with E-state index in [2.05, 4.69) is 5.32 Å². The van der Waals surface area contributed by atoms with Crippen LogP contribution in [-0.2, 0) is 16.0 Å². The number of aryl methyl sites for hydroxylation is 1. The molecular formula is C20H21FN2O3. The van der Waals surface area contributed by atoms with E-state index >= 15 is 0 Å². The summed E-state index contributed by atoms with van der Waals surface area (Å²) in [5.74, 6) is 0.128. The molecule has 5 nitrogen and oxygen atoms in total. The molecule has 1 atom stereocenters. The number of amides is 2. The second-order valence-corrected chi connectivity index (χ2v) is 6.39. The lowest BCUT2D eigenvalue weighted by Crippen LogP contribution is -2.33. The van der Waals surface area contributed by atoms with Crippen molar-refractivity contribution in [3.63, 3.8) is 0 Å². The lowest BCUT2D eigenvalue weighted by molar-refractivity contribution is -0.134. The van der Waals surface area contributed by atoms with Crippen molar-refractivity contribution in [1.82, 2.24) is 4.90 Å². The highest BCUT2D eigenvalue weighted by atomic mass is 19.1. The normalized spacial score (nSPS) is 14.2. The Balaban J connectivity index is 1.59. The van der Waals surface area contributed by atoms with Gasteiger partial charge in [0.2, 0.25) is 5.91 Å². The molecule has 0 aliphatic carbocycles. The molecule has 0 bridgehead atoms. The molecule has 26 heavy (non-hydrogen) atoms. The number of benzene rings is 2. The Hall–Kier alpha value is -2.89. The largest absolute Gasteiger partial charge is 0.484 e. The molecule has 2 aromatic carbocycles. The van der Waals surface area contributed by atoms with Crippen molar-refractivity contribution in [1.29, 1.82) is 0 Å². The highest BCUT2D eigenvalue weighted by molar-refractivity contribution is 5.94. The fourth-order valence-electron chi connectivity index (χ4n) is 2.88. The van der Waals surface area contributed by atoms with Gasteiger partial charge in [-0.25, -0.2) is 4.39 Å². The molecule has 0 saturated heterocycles. The van der Waals surface area contributed by atoms with E-state index in [1.807, 2.05) is 13.0 Å². The maximum atomic E-state index is 13.0. The Labute approximate surface area is 151 Å². The predicted molar refractivity (Wildman–Crippen MR) is 96.5 cm³/mol.